The van der Waals surface area contributed by atoms with E-state index in [1.54, 1.807) is 41.6 Å². The largest absolute Gasteiger partial charge is 0.507 e. The van der Waals surface area contributed by atoms with Gasteiger partial charge >= 0.3 is 0 Å². The van der Waals surface area contributed by atoms with Gasteiger partial charge in [0.25, 0.3) is 11.7 Å². The number of carbonyl (C=O) groups is 2. The third kappa shape index (κ3) is 3.93. The van der Waals surface area contributed by atoms with Crippen molar-refractivity contribution in [3.05, 3.63) is 94.0 Å². The molecule has 2 N–H and O–H groups in total. The van der Waals surface area contributed by atoms with Gasteiger partial charge in [-0.05, 0) is 24.1 Å². The lowest BCUT2D eigenvalue weighted by Gasteiger charge is -2.25. The summed E-state index contributed by atoms with van der Waals surface area (Å²) in [4.78, 5) is 34.6. The summed E-state index contributed by atoms with van der Waals surface area (Å²) in [6.07, 6.45) is 4.73. The second-order valence-electron chi connectivity index (χ2n) is 7.05. The summed E-state index contributed by atoms with van der Waals surface area (Å²) < 4.78 is 0.893. The number of imidazole rings is 1. The molecule has 1 aromatic heterocycles. The molecule has 0 spiro atoms. The number of likely N-dealkylation sites (tertiary alicyclic amines) is 1. The fraction of sp³-hybridized carbons (Fsp3) is 0.174. The van der Waals surface area contributed by atoms with Gasteiger partial charge in [-0.1, -0.05) is 58.4 Å². The molecule has 1 amide bonds. The van der Waals surface area contributed by atoms with E-state index in [9.17, 15) is 14.7 Å². The number of benzene rings is 2. The van der Waals surface area contributed by atoms with Crippen molar-refractivity contribution < 1.29 is 14.7 Å². The molecule has 1 atom stereocenters. The van der Waals surface area contributed by atoms with Crippen molar-refractivity contribution in [3.8, 4) is 0 Å². The predicted octanol–water partition coefficient (Wildman–Crippen LogP) is 4.23. The molecular formula is C23H20BrN3O3. The lowest BCUT2D eigenvalue weighted by Crippen LogP contribution is -2.31. The van der Waals surface area contributed by atoms with Crippen molar-refractivity contribution in [1.82, 2.24) is 14.9 Å². The Morgan fingerprint density at radius 2 is 1.83 bits per heavy atom. The van der Waals surface area contributed by atoms with Gasteiger partial charge in [-0.2, -0.15) is 0 Å². The first-order valence-electron chi connectivity index (χ1n) is 9.64. The molecule has 7 heteroatoms. The molecule has 6 nitrogen and oxygen atoms in total. The van der Waals surface area contributed by atoms with Crippen LogP contribution in [0.4, 0.5) is 0 Å². The van der Waals surface area contributed by atoms with Gasteiger partial charge in [0.15, 0.2) is 0 Å². The van der Waals surface area contributed by atoms with E-state index in [2.05, 4.69) is 25.9 Å². The molecule has 2 heterocycles. The molecule has 1 aliphatic rings. The zero-order chi connectivity index (χ0) is 21.1. The fourth-order valence-electron chi connectivity index (χ4n) is 3.71. The number of hydrogen-bond donors (Lipinski definition) is 2. The van der Waals surface area contributed by atoms with Crippen LogP contribution in [0.15, 0.2) is 77.0 Å². The number of aliphatic hydroxyl groups excluding tert-OH is 1. The Balaban J connectivity index is 1.72. The van der Waals surface area contributed by atoms with Gasteiger partial charge in [0.2, 0.25) is 0 Å². The summed E-state index contributed by atoms with van der Waals surface area (Å²) >= 11 is 3.42. The second-order valence-corrected chi connectivity index (χ2v) is 7.97. The quantitative estimate of drug-likeness (QED) is 0.324. The monoisotopic (exact) mass is 465 g/mol. The Hall–Kier alpha value is -3.19. The van der Waals surface area contributed by atoms with Gasteiger partial charge < -0.3 is 15.0 Å². The highest BCUT2D eigenvalue weighted by Crippen LogP contribution is 2.39. The number of H-pyrrole nitrogens is 1. The third-order valence-corrected chi connectivity index (χ3v) is 5.67. The number of carbonyl (C=O) groups excluding carboxylic acids is 2. The molecule has 4 rings (SSSR count). The van der Waals surface area contributed by atoms with Crippen LogP contribution in [-0.4, -0.2) is 38.2 Å². The van der Waals surface area contributed by atoms with E-state index in [4.69, 9.17) is 0 Å². The highest BCUT2D eigenvalue weighted by atomic mass is 79.9. The maximum absolute atomic E-state index is 12.9. The number of halogens is 1. The zero-order valence-electron chi connectivity index (χ0n) is 16.1. The summed E-state index contributed by atoms with van der Waals surface area (Å²) in [6, 6.07) is 15.6. The van der Waals surface area contributed by atoms with Crippen LogP contribution in [0, 0.1) is 0 Å². The number of nitrogens with zero attached hydrogens (tertiary/aromatic N) is 2. The molecule has 0 aliphatic carbocycles. The van der Waals surface area contributed by atoms with Gasteiger partial charge in [0.05, 0.1) is 11.6 Å². The van der Waals surface area contributed by atoms with Crippen LogP contribution in [0.25, 0.3) is 5.76 Å². The van der Waals surface area contributed by atoms with Crippen LogP contribution >= 0.6 is 15.9 Å². The number of amides is 1. The summed E-state index contributed by atoms with van der Waals surface area (Å²) in [5.41, 5.74) is 1.40. The van der Waals surface area contributed by atoms with Crippen molar-refractivity contribution >= 4 is 33.4 Å². The summed E-state index contributed by atoms with van der Waals surface area (Å²) in [7, 11) is 0. The van der Waals surface area contributed by atoms with Crippen LogP contribution < -0.4 is 0 Å². The first kappa shape index (κ1) is 20.1. The Labute approximate surface area is 182 Å². The topological polar surface area (TPSA) is 86.3 Å². The van der Waals surface area contributed by atoms with E-state index in [1.165, 1.54) is 0 Å². The van der Waals surface area contributed by atoms with Crippen LogP contribution in [0.1, 0.15) is 29.4 Å². The smallest absolute Gasteiger partial charge is 0.295 e. The average molecular weight is 466 g/mol. The molecule has 2 aromatic carbocycles. The third-order valence-electron chi connectivity index (χ3n) is 5.14. The standard InChI is InChI=1S/C23H20BrN3O3/c24-17-10-8-15(9-11-17)20-19(21(28)16-5-2-1-3-6-16)22(29)23(30)27(20)14-4-7-18-25-12-13-26-18/h1-3,5-6,8-13,20,28H,4,7,14H2,(H,25,26)/b21-19+. The van der Waals surface area contributed by atoms with Crippen molar-refractivity contribution in [2.45, 2.75) is 18.9 Å². The van der Waals surface area contributed by atoms with E-state index in [0.717, 1.165) is 15.9 Å². The Morgan fingerprint density at radius 3 is 2.50 bits per heavy atom. The first-order chi connectivity index (χ1) is 14.6. The average Bonchev–Trinajstić information content (AvgIpc) is 3.37. The molecule has 1 saturated heterocycles. The van der Waals surface area contributed by atoms with Crippen molar-refractivity contribution in [2.24, 2.45) is 0 Å². The molecule has 30 heavy (non-hydrogen) atoms. The fourth-order valence-corrected chi connectivity index (χ4v) is 3.97. The Morgan fingerprint density at radius 1 is 1.10 bits per heavy atom. The summed E-state index contributed by atoms with van der Waals surface area (Å²) in [5.74, 6) is -0.589. The SMILES string of the molecule is O=C1C(=O)N(CCCc2ncc[nH]2)C(c2ccc(Br)cc2)/C1=C(\O)c1ccccc1. The molecule has 1 aliphatic heterocycles. The van der Waals surface area contributed by atoms with E-state index < -0.39 is 17.7 Å². The normalized spacial score (nSPS) is 18.2. The van der Waals surface area contributed by atoms with Gasteiger partial charge in [-0.25, -0.2) is 4.98 Å². The molecule has 3 aromatic rings. The lowest BCUT2D eigenvalue weighted by molar-refractivity contribution is -0.139. The van der Waals surface area contributed by atoms with Crippen LogP contribution in [-0.2, 0) is 16.0 Å². The van der Waals surface area contributed by atoms with Crippen molar-refractivity contribution in [3.63, 3.8) is 0 Å². The lowest BCUT2D eigenvalue weighted by atomic mass is 9.95. The van der Waals surface area contributed by atoms with Gasteiger partial charge in [0, 0.05) is 35.4 Å². The number of rotatable bonds is 6. The van der Waals surface area contributed by atoms with Crippen LogP contribution in [0.3, 0.4) is 0 Å². The molecule has 1 unspecified atom stereocenters. The molecule has 152 valence electrons. The number of ketones is 1. The maximum atomic E-state index is 12.9. The van der Waals surface area contributed by atoms with Crippen LogP contribution in [0.2, 0.25) is 0 Å². The number of aromatic nitrogens is 2. The number of aromatic amines is 1. The second kappa shape index (κ2) is 8.67. The molecule has 0 saturated carbocycles. The molecule has 1 fully saturated rings. The van der Waals surface area contributed by atoms with Gasteiger partial charge in [-0.15, -0.1) is 0 Å². The van der Waals surface area contributed by atoms with E-state index in [1.807, 2.05) is 30.3 Å². The van der Waals surface area contributed by atoms with Crippen LogP contribution in [0.5, 0.6) is 0 Å². The number of nitrogens with one attached hydrogen (secondary N) is 1. The minimum Gasteiger partial charge on any atom is -0.507 e. The van der Waals surface area contributed by atoms with E-state index in [-0.39, 0.29) is 11.3 Å². The van der Waals surface area contributed by atoms with Crippen molar-refractivity contribution in [2.75, 3.05) is 6.54 Å². The highest BCUT2D eigenvalue weighted by Gasteiger charge is 2.45. The highest BCUT2D eigenvalue weighted by molar-refractivity contribution is 9.10. The minimum atomic E-state index is -0.665. The number of Topliss-reactive ketones (excluding diaryl/α,β-unsaturated/α-hetero) is 1. The Bertz CT molecular complexity index is 1080. The van der Waals surface area contributed by atoms with Gasteiger partial charge in [-0.3, -0.25) is 9.59 Å². The zero-order valence-corrected chi connectivity index (χ0v) is 17.7. The maximum Gasteiger partial charge on any atom is 0.295 e. The molecular weight excluding hydrogens is 446 g/mol. The number of aliphatic hydroxyl groups is 1. The summed E-state index contributed by atoms with van der Waals surface area (Å²) in [5, 5.41) is 10.9. The molecule has 0 radical (unpaired) electrons. The minimum absolute atomic E-state index is 0.117. The number of aryl methyl sites for hydroxylation is 1. The number of hydrogen-bond acceptors (Lipinski definition) is 4. The Kier molecular flexibility index (Phi) is 5.81. The predicted molar refractivity (Wildman–Crippen MR) is 117 cm³/mol. The van der Waals surface area contributed by atoms with E-state index >= 15 is 0 Å². The van der Waals surface area contributed by atoms with E-state index in [0.29, 0.717) is 24.9 Å². The van der Waals surface area contributed by atoms with Crippen molar-refractivity contribution in [1.29, 1.82) is 0 Å². The van der Waals surface area contributed by atoms with Gasteiger partial charge in [0.1, 0.15) is 11.6 Å². The summed E-state index contributed by atoms with van der Waals surface area (Å²) in [6.45, 7) is 0.373. The molecule has 0 bridgehead atoms. The first-order valence-corrected chi connectivity index (χ1v) is 10.4.